The molecule has 1 aromatic rings. The molecule has 0 atom stereocenters. The first-order valence-electron chi connectivity index (χ1n) is 6.16. The van der Waals surface area contributed by atoms with Crippen molar-refractivity contribution < 1.29 is 0 Å². The van der Waals surface area contributed by atoms with E-state index in [4.69, 9.17) is 5.73 Å². The Labute approximate surface area is 129 Å². The summed E-state index contributed by atoms with van der Waals surface area (Å²) in [7, 11) is 0. The van der Waals surface area contributed by atoms with Gasteiger partial charge >= 0.3 is 0 Å². The van der Waals surface area contributed by atoms with Gasteiger partial charge in [-0.25, -0.2) is 4.98 Å². The first kappa shape index (κ1) is 15.7. The van der Waals surface area contributed by atoms with Crippen LogP contribution in [0.1, 0.15) is 43.3 Å². The summed E-state index contributed by atoms with van der Waals surface area (Å²) in [4.78, 5) is 8.87. The van der Waals surface area contributed by atoms with Crippen LogP contribution in [0.2, 0.25) is 0 Å². The molecule has 0 aromatic carbocycles. The molecule has 0 saturated heterocycles. The Morgan fingerprint density at radius 2 is 2.33 bits per heavy atom. The quantitative estimate of drug-likeness (QED) is 0.469. The van der Waals surface area contributed by atoms with Crippen molar-refractivity contribution in [2.45, 2.75) is 45.1 Å². The molecule has 102 valence electrons. The maximum Gasteiger partial charge on any atom is 0.188 e. The van der Waals surface area contributed by atoms with Crippen LogP contribution in [0.4, 0.5) is 0 Å². The van der Waals surface area contributed by atoms with Crippen molar-refractivity contribution in [3.05, 3.63) is 16.1 Å². The predicted molar refractivity (Wildman–Crippen MR) is 88.0 cm³/mol. The van der Waals surface area contributed by atoms with Crippen LogP contribution in [0.25, 0.3) is 0 Å². The van der Waals surface area contributed by atoms with E-state index in [0.717, 1.165) is 12.1 Å². The van der Waals surface area contributed by atoms with Crippen LogP contribution in [0.5, 0.6) is 0 Å². The molecule has 4 nitrogen and oxygen atoms in total. The van der Waals surface area contributed by atoms with Gasteiger partial charge < -0.3 is 11.1 Å². The summed E-state index contributed by atoms with van der Waals surface area (Å²) < 4.78 is 0. The lowest BCUT2D eigenvalue weighted by Crippen LogP contribution is -2.33. The highest BCUT2D eigenvalue weighted by Crippen LogP contribution is 2.19. The normalized spacial score (nSPS) is 15.6. The Balaban J connectivity index is 0.00000162. The molecule has 0 bridgehead atoms. The minimum atomic E-state index is 0. The van der Waals surface area contributed by atoms with Crippen molar-refractivity contribution in [2.75, 3.05) is 6.54 Å². The van der Waals surface area contributed by atoms with Crippen molar-refractivity contribution in [3.63, 3.8) is 0 Å². The molecule has 1 saturated carbocycles. The molecule has 0 radical (unpaired) electrons. The number of aromatic nitrogens is 1. The lowest BCUT2D eigenvalue weighted by molar-refractivity contribution is 0.826. The number of halogens is 1. The van der Waals surface area contributed by atoms with Gasteiger partial charge in [0, 0.05) is 30.3 Å². The third kappa shape index (κ3) is 5.09. The molecule has 2 rings (SSSR count). The second kappa shape index (κ2) is 7.28. The molecule has 1 aromatic heterocycles. The first-order valence-corrected chi connectivity index (χ1v) is 7.04. The molecule has 0 amide bonds. The summed E-state index contributed by atoms with van der Waals surface area (Å²) in [6, 6.07) is 0.575. The van der Waals surface area contributed by atoms with E-state index in [1.165, 1.54) is 17.8 Å². The SMILES string of the molecule is CC(C)c1nc(CCN=C(N)NC2CC2)cs1.I. The summed E-state index contributed by atoms with van der Waals surface area (Å²) in [6.07, 6.45) is 3.32. The van der Waals surface area contributed by atoms with Crippen molar-refractivity contribution in [1.82, 2.24) is 10.3 Å². The first-order chi connectivity index (χ1) is 8.15. The zero-order valence-electron chi connectivity index (χ0n) is 10.8. The second-order valence-electron chi connectivity index (χ2n) is 4.77. The maximum absolute atomic E-state index is 5.75. The zero-order valence-corrected chi connectivity index (χ0v) is 14.0. The van der Waals surface area contributed by atoms with Gasteiger partial charge in [0.15, 0.2) is 5.96 Å². The molecule has 18 heavy (non-hydrogen) atoms. The van der Waals surface area contributed by atoms with Crippen LogP contribution in [0.3, 0.4) is 0 Å². The third-order valence-electron chi connectivity index (χ3n) is 2.64. The smallest absolute Gasteiger partial charge is 0.188 e. The van der Waals surface area contributed by atoms with E-state index in [9.17, 15) is 0 Å². The van der Waals surface area contributed by atoms with Gasteiger partial charge in [-0.15, -0.1) is 35.3 Å². The van der Waals surface area contributed by atoms with E-state index in [1.807, 2.05) is 0 Å². The average Bonchev–Trinajstić information content (AvgIpc) is 2.94. The number of thiazole rings is 1. The third-order valence-corrected chi connectivity index (χ3v) is 3.84. The Hall–Kier alpha value is -0.370. The molecule has 1 heterocycles. The highest BCUT2D eigenvalue weighted by Gasteiger charge is 2.21. The summed E-state index contributed by atoms with van der Waals surface area (Å²) in [5, 5.41) is 6.50. The van der Waals surface area contributed by atoms with Crippen LogP contribution >= 0.6 is 35.3 Å². The Kier molecular flexibility index (Phi) is 6.34. The van der Waals surface area contributed by atoms with Crippen molar-refractivity contribution >= 4 is 41.3 Å². The number of nitrogens with two attached hydrogens (primary N) is 1. The lowest BCUT2D eigenvalue weighted by atomic mass is 10.2. The van der Waals surface area contributed by atoms with Gasteiger partial charge in [-0.2, -0.15) is 0 Å². The van der Waals surface area contributed by atoms with E-state index in [2.05, 4.69) is 34.5 Å². The number of guanidine groups is 1. The monoisotopic (exact) mass is 380 g/mol. The minimum Gasteiger partial charge on any atom is -0.370 e. The molecule has 1 aliphatic rings. The molecule has 6 heteroatoms. The predicted octanol–water partition coefficient (Wildman–Crippen LogP) is 2.49. The lowest BCUT2D eigenvalue weighted by Gasteiger charge is -2.02. The molecule has 1 fully saturated rings. The van der Waals surface area contributed by atoms with Crippen LogP contribution in [-0.4, -0.2) is 23.5 Å². The van der Waals surface area contributed by atoms with Gasteiger partial charge in [-0.3, -0.25) is 4.99 Å². The van der Waals surface area contributed by atoms with Crippen LogP contribution in [0, 0.1) is 0 Å². The number of nitrogens with zero attached hydrogens (tertiary/aromatic N) is 2. The fourth-order valence-electron chi connectivity index (χ4n) is 1.48. The van der Waals surface area contributed by atoms with Gasteiger partial charge in [0.1, 0.15) is 0 Å². The Morgan fingerprint density at radius 1 is 1.61 bits per heavy atom. The summed E-state index contributed by atoms with van der Waals surface area (Å²) >= 11 is 1.73. The molecular weight excluding hydrogens is 359 g/mol. The van der Waals surface area contributed by atoms with Gasteiger partial charge in [-0.1, -0.05) is 13.8 Å². The topological polar surface area (TPSA) is 63.3 Å². The minimum absolute atomic E-state index is 0. The Morgan fingerprint density at radius 3 is 2.89 bits per heavy atom. The van der Waals surface area contributed by atoms with Crippen LogP contribution in [-0.2, 0) is 6.42 Å². The van der Waals surface area contributed by atoms with Gasteiger partial charge in [0.2, 0.25) is 0 Å². The van der Waals surface area contributed by atoms with E-state index >= 15 is 0 Å². The summed E-state index contributed by atoms with van der Waals surface area (Å²) in [6.45, 7) is 5.05. The molecule has 0 unspecified atom stereocenters. The van der Waals surface area contributed by atoms with Gasteiger partial charge in [0.25, 0.3) is 0 Å². The van der Waals surface area contributed by atoms with E-state index in [1.54, 1.807) is 11.3 Å². The fourth-order valence-corrected chi connectivity index (χ4v) is 2.35. The largest absolute Gasteiger partial charge is 0.370 e. The number of hydrogen-bond acceptors (Lipinski definition) is 3. The highest BCUT2D eigenvalue weighted by molar-refractivity contribution is 14.0. The average molecular weight is 380 g/mol. The van der Waals surface area contributed by atoms with Gasteiger partial charge in [-0.05, 0) is 12.8 Å². The molecule has 3 N–H and O–H groups in total. The van der Waals surface area contributed by atoms with Gasteiger partial charge in [0.05, 0.1) is 10.7 Å². The van der Waals surface area contributed by atoms with Crippen molar-refractivity contribution in [1.29, 1.82) is 0 Å². The maximum atomic E-state index is 5.75. The fraction of sp³-hybridized carbons (Fsp3) is 0.667. The highest BCUT2D eigenvalue weighted by atomic mass is 127. The second-order valence-corrected chi connectivity index (χ2v) is 5.66. The van der Waals surface area contributed by atoms with E-state index in [0.29, 0.717) is 24.5 Å². The number of nitrogens with one attached hydrogen (secondary N) is 1. The van der Waals surface area contributed by atoms with Crippen LogP contribution < -0.4 is 11.1 Å². The number of hydrogen-bond donors (Lipinski definition) is 2. The summed E-state index contributed by atoms with van der Waals surface area (Å²) in [5.41, 5.74) is 6.88. The Bertz CT molecular complexity index is 399. The molecular formula is C12H21IN4S. The number of rotatable bonds is 5. The standard InChI is InChI=1S/C12H20N4S.HI/c1-8(2)11-15-10(7-17-11)5-6-14-12(13)16-9-3-4-9;/h7-9H,3-6H2,1-2H3,(H3,13,14,16);1H. The summed E-state index contributed by atoms with van der Waals surface area (Å²) in [5.74, 6) is 1.09. The zero-order chi connectivity index (χ0) is 12.3. The molecule has 0 aliphatic heterocycles. The molecule has 1 aliphatic carbocycles. The van der Waals surface area contributed by atoms with Crippen molar-refractivity contribution in [2.24, 2.45) is 10.7 Å². The number of aliphatic imine (C=N–C) groups is 1. The van der Waals surface area contributed by atoms with Crippen LogP contribution in [0.15, 0.2) is 10.4 Å². The van der Waals surface area contributed by atoms with Crippen molar-refractivity contribution in [3.8, 4) is 0 Å². The van der Waals surface area contributed by atoms with E-state index in [-0.39, 0.29) is 24.0 Å². The molecule has 0 spiro atoms. The van der Waals surface area contributed by atoms with E-state index < -0.39 is 0 Å².